The van der Waals surface area contributed by atoms with Gasteiger partial charge in [-0.2, -0.15) is 0 Å². The van der Waals surface area contributed by atoms with Crippen LogP contribution in [0.5, 0.6) is 5.75 Å². The Hall–Kier alpha value is -0.930. The molecule has 0 spiro atoms. The van der Waals surface area contributed by atoms with Crippen molar-refractivity contribution in [2.45, 2.75) is 12.3 Å². The summed E-state index contributed by atoms with van der Waals surface area (Å²) in [6, 6.07) is 5.09. The third-order valence-electron chi connectivity index (χ3n) is 1.79. The first-order valence-corrected chi connectivity index (χ1v) is 5.08. The lowest BCUT2D eigenvalue weighted by Gasteiger charge is -2.08. The van der Waals surface area contributed by atoms with Crippen molar-refractivity contribution in [1.82, 2.24) is 0 Å². The number of alkyl halides is 1. The summed E-state index contributed by atoms with van der Waals surface area (Å²) in [5.41, 5.74) is 0.871. The van der Waals surface area contributed by atoms with Crippen molar-refractivity contribution in [3.05, 3.63) is 28.8 Å². The molecule has 0 bridgehead atoms. The van der Waals surface area contributed by atoms with E-state index in [1.807, 2.05) is 6.92 Å². The van der Waals surface area contributed by atoms with Gasteiger partial charge in [0.1, 0.15) is 12.4 Å². The Morgan fingerprint density at radius 2 is 2.27 bits per heavy atom. The summed E-state index contributed by atoms with van der Waals surface area (Å²) in [5.74, 6) is -0.536. The maximum atomic E-state index is 10.4. The predicted octanol–water partition coefficient (Wildman–Crippen LogP) is 2.72. The molecular weight excluding hydrogens is 239 g/mol. The van der Waals surface area contributed by atoms with Crippen LogP contribution in [0, 0.1) is 6.92 Å². The molecule has 0 saturated carbocycles. The molecule has 0 heterocycles. The summed E-state index contributed by atoms with van der Waals surface area (Å²) in [7, 11) is 0. The van der Waals surface area contributed by atoms with Gasteiger partial charge in [-0.3, -0.25) is 4.79 Å². The highest BCUT2D eigenvalue weighted by Gasteiger charge is 2.14. The second-order valence-electron chi connectivity index (χ2n) is 3.03. The molecule has 1 aromatic carbocycles. The number of halogens is 2. The number of hydrogen-bond acceptors (Lipinski definition) is 2. The molecule has 3 nitrogen and oxygen atoms in total. The Bertz CT molecular complexity index is 366. The highest BCUT2D eigenvalue weighted by atomic mass is 35.5. The van der Waals surface area contributed by atoms with Crippen LogP contribution in [0.15, 0.2) is 18.2 Å². The Morgan fingerprint density at radius 1 is 1.60 bits per heavy atom. The molecule has 0 aromatic heterocycles. The zero-order valence-corrected chi connectivity index (χ0v) is 9.55. The lowest BCUT2D eigenvalue weighted by molar-refractivity contribution is -0.137. The first-order chi connectivity index (χ1) is 7.00. The molecule has 0 saturated heterocycles. The van der Waals surface area contributed by atoms with Crippen molar-refractivity contribution < 1.29 is 14.6 Å². The van der Waals surface area contributed by atoms with Gasteiger partial charge in [0.05, 0.1) is 0 Å². The number of ether oxygens (including phenoxy) is 1. The molecule has 0 aliphatic carbocycles. The van der Waals surface area contributed by atoms with E-state index in [4.69, 9.17) is 33.0 Å². The van der Waals surface area contributed by atoms with Crippen molar-refractivity contribution in [2.75, 3.05) is 6.61 Å². The first-order valence-electron chi connectivity index (χ1n) is 4.26. The number of carbonyl (C=O) groups is 1. The van der Waals surface area contributed by atoms with E-state index >= 15 is 0 Å². The molecule has 82 valence electrons. The molecule has 1 atom stereocenters. The highest BCUT2D eigenvalue weighted by molar-refractivity contribution is 6.31. The van der Waals surface area contributed by atoms with Crippen LogP contribution in [0.25, 0.3) is 0 Å². The number of benzene rings is 1. The van der Waals surface area contributed by atoms with Crippen molar-refractivity contribution in [3.63, 3.8) is 0 Å². The smallest absolute Gasteiger partial charge is 0.325 e. The number of hydrogen-bond donors (Lipinski definition) is 1. The van der Waals surface area contributed by atoms with Gasteiger partial charge in [0.25, 0.3) is 0 Å². The molecule has 1 aromatic rings. The average Bonchev–Trinajstić information content (AvgIpc) is 2.19. The van der Waals surface area contributed by atoms with E-state index in [-0.39, 0.29) is 6.61 Å². The van der Waals surface area contributed by atoms with Gasteiger partial charge in [-0.25, -0.2) is 0 Å². The zero-order valence-electron chi connectivity index (χ0n) is 8.04. The Labute approximate surface area is 97.6 Å². The number of aryl methyl sites for hydroxylation is 1. The SMILES string of the molecule is Cc1cc(OCC(Cl)C(=O)O)ccc1Cl. The largest absolute Gasteiger partial charge is 0.491 e. The maximum Gasteiger partial charge on any atom is 0.325 e. The van der Waals surface area contributed by atoms with Gasteiger partial charge in [-0.1, -0.05) is 11.6 Å². The number of rotatable bonds is 4. The molecular formula is C10H10Cl2O3. The fraction of sp³-hybridized carbons (Fsp3) is 0.300. The number of carboxylic acid groups (broad SMARTS) is 1. The van der Waals surface area contributed by atoms with Crippen LogP contribution in [0.2, 0.25) is 5.02 Å². The van der Waals surface area contributed by atoms with Gasteiger partial charge in [0.15, 0.2) is 5.38 Å². The van der Waals surface area contributed by atoms with E-state index < -0.39 is 11.3 Å². The second-order valence-corrected chi connectivity index (χ2v) is 3.96. The molecule has 1 rings (SSSR count). The topological polar surface area (TPSA) is 46.5 Å². The van der Waals surface area contributed by atoms with E-state index in [2.05, 4.69) is 0 Å². The zero-order chi connectivity index (χ0) is 11.4. The molecule has 5 heteroatoms. The Kier molecular flexibility index (Phi) is 4.24. The fourth-order valence-corrected chi connectivity index (χ4v) is 1.13. The van der Waals surface area contributed by atoms with Crippen molar-refractivity contribution in [3.8, 4) is 5.75 Å². The molecule has 0 fully saturated rings. The van der Waals surface area contributed by atoms with E-state index in [0.29, 0.717) is 10.8 Å². The van der Waals surface area contributed by atoms with Gasteiger partial charge in [-0.05, 0) is 30.7 Å². The molecule has 0 aliphatic heterocycles. The first kappa shape index (κ1) is 12.1. The van der Waals surface area contributed by atoms with Gasteiger partial charge in [-0.15, -0.1) is 11.6 Å². The van der Waals surface area contributed by atoms with Crippen LogP contribution in [0.4, 0.5) is 0 Å². The van der Waals surface area contributed by atoms with Gasteiger partial charge < -0.3 is 9.84 Å². The molecule has 0 amide bonds. The minimum absolute atomic E-state index is 0.0715. The summed E-state index contributed by atoms with van der Waals surface area (Å²) in [6.45, 7) is 1.77. The number of carboxylic acids is 1. The standard InChI is InChI=1S/C10H10Cl2O3/c1-6-4-7(2-3-8(6)11)15-5-9(12)10(13)14/h2-4,9H,5H2,1H3,(H,13,14). The molecule has 0 radical (unpaired) electrons. The Balaban J connectivity index is 2.58. The van der Waals surface area contributed by atoms with Crippen LogP contribution in [-0.2, 0) is 4.79 Å². The summed E-state index contributed by atoms with van der Waals surface area (Å²) < 4.78 is 5.19. The van der Waals surface area contributed by atoms with Gasteiger partial charge in [0, 0.05) is 5.02 Å². The molecule has 1 N–H and O–H groups in total. The van der Waals surface area contributed by atoms with E-state index in [0.717, 1.165) is 5.56 Å². The Morgan fingerprint density at radius 3 is 2.80 bits per heavy atom. The van der Waals surface area contributed by atoms with E-state index in [9.17, 15) is 4.79 Å². The van der Waals surface area contributed by atoms with Crippen molar-refractivity contribution in [1.29, 1.82) is 0 Å². The fourth-order valence-electron chi connectivity index (χ4n) is 0.948. The predicted molar refractivity (Wildman–Crippen MR) is 59.0 cm³/mol. The molecule has 1 unspecified atom stereocenters. The van der Waals surface area contributed by atoms with E-state index in [1.165, 1.54) is 0 Å². The third kappa shape index (κ3) is 3.61. The van der Waals surface area contributed by atoms with Crippen molar-refractivity contribution >= 4 is 29.2 Å². The van der Waals surface area contributed by atoms with Crippen LogP contribution in [0.3, 0.4) is 0 Å². The van der Waals surface area contributed by atoms with Crippen molar-refractivity contribution in [2.24, 2.45) is 0 Å². The van der Waals surface area contributed by atoms with Crippen LogP contribution in [-0.4, -0.2) is 23.1 Å². The van der Waals surface area contributed by atoms with Gasteiger partial charge >= 0.3 is 5.97 Å². The normalized spacial score (nSPS) is 12.2. The second kappa shape index (κ2) is 5.24. The highest BCUT2D eigenvalue weighted by Crippen LogP contribution is 2.21. The average molecular weight is 249 g/mol. The maximum absolute atomic E-state index is 10.4. The summed E-state index contributed by atoms with van der Waals surface area (Å²) in [6.07, 6.45) is 0. The van der Waals surface area contributed by atoms with E-state index in [1.54, 1.807) is 18.2 Å². The molecule has 15 heavy (non-hydrogen) atoms. The quantitative estimate of drug-likeness (QED) is 0.834. The monoisotopic (exact) mass is 248 g/mol. The summed E-state index contributed by atoms with van der Waals surface area (Å²) >= 11 is 11.3. The summed E-state index contributed by atoms with van der Waals surface area (Å²) in [4.78, 5) is 10.4. The lowest BCUT2D eigenvalue weighted by atomic mass is 10.2. The lowest BCUT2D eigenvalue weighted by Crippen LogP contribution is -2.21. The third-order valence-corrected chi connectivity index (χ3v) is 2.53. The number of aliphatic carboxylic acids is 1. The summed E-state index contributed by atoms with van der Waals surface area (Å²) in [5, 5.41) is 8.13. The van der Waals surface area contributed by atoms with Crippen LogP contribution in [0.1, 0.15) is 5.56 Å². The minimum atomic E-state index is -1.10. The van der Waals surface area contributed by atoms with Crippen LogP contribution >= 0.6 is 23.2 Å². The van der Waals surface area contributed by atoms with Crippen LogP contribution < -0.4 is 4.74 Å². The van der Waals surface area contributed by atoms with Gasteiger partial charge in [0.2, 0.25) is 0 Å². The molecule has 0 aliphatic rings. The minimum Gasteiger partial charge on any atom is -0.491 e.